The van der Waals surface area contributed by atoms with Crippen LogP contribution in [0.15, 0.2) is 24.3 Å². The molecule has 0 radical (unpaired) electrons. The Morgan fingerprint density at radius 1 is 1.32 bits per heavy atom. The minimum absolute atomic E-state index is 0.323. The van der Waals surface area contributed by atoms with Gasteiger partial charge in [-0.05, 0) is 57.5 Å². The van der Waals surface area contributed by atoms with Crippen LogP contribution in [-0.2, 0) is 4.79 Å². The zero-order chi connectivity index (χ0) is 16.5. The van der Waals surface area contributed by atoms with Crippen LogP contribution in [0.25, 0.3) is 0 Å². The molecular formula is C14H21FN4O2S. The van der Waals surface area contributed by atoms with E-state index in [1.54, 1.807) is 6.92 Å². The summed E-state index contributed by atoms with van der Waals surface area (Å²) >= 11 is 5.02. The highest BCUT2D eigenvalue weighted by atomic mass is 32.1. The lowest BCUT2D eigenvalue weighted by atomic mass is 10.3. The molecule has 0 unspecified atom stereocenters. The monoisotopic (exact) mass is 328 g/mol. The van der Waals surface area contributed by atoms with Crippen LogP contribution in [0, 0.1) is 5.82 Å². The third-order valence-electron chi connectivity index (χ3n) is 2.64. The van der Waals surface area contributed by atoms with Gasteiger partial charge in [-0.3, -0.25) is 15.6 Å². The second kappa shape index (κ2) is 9.16. The molecule has 0 fully saturated rings. The first-order chi connectivity index (χ1) is 10.4. The molecule has 0 saturated heterocycles. The number of hydrogen-bond donors (Lipinski definition) is 3. The number of halogens is 1. The molecule has 0 heterocycles. The molecule has 0 aliphatic carbocycles. The largest absolute Gasteiger partial charge is 0.481 e. The van der Waals surface area contributed by atoms with Crippen LogP contribution in [0.2, 0.25) is 0 Å². The lowest BCUT2D eigenvalue weighted by Crippen LogP contribution is -2.51. The number of likely N-dealkylation sites (N-methyl/N-ethyl adjacent to an activating group) is 1. The number of benzene rings is 1. The van der Waals surface area contributed by atoms with Crippen molar-refractivity contribution in [2.24, 2.45) is 0 Å². The van der Waals surface area contributed by atoms with E-state index in [2.05, 4.69) is 16.2 Å². The Hall–Kier alpha value is -1.93. The lowest BCUT2D eigenvalue weighted by Gasteiger charge is -2.17. The highest BCUT2D eigenvalue weighted by Crippen LogP contribution is 2.12. The molecule has 122 valence electrons. The predicted octanol–water partition coefficient (Wildman–Crippen LogP) is 0.650. The fourth-order valence-electron chi connectivity index (χ4n) is 1.43. The van der Waals surface area contributed by atoms with Crippen molar-refractivity contribution in [1.29, 1.82) is 0 Å². The molecule has 1 aromatic carbocycles. The molecule has 0 aromatic heterocycles. The van der Waals surface area contributed by atoms with Gasteiger partial charge >= 0.3 is 0 Å². The number of thiocarbonyl (C=S) groups is 1. The smallest absolute Gasteiger partial charge is 0.279 e. The summed E-state index contributed by atoms with van der Waals surface area (Å²) in [4.78, 5) is 13.8. The van der Waals surface area contributed by atoms with Crippen LogP contribution < -0.4 is 20.9 Å². The van der Waals surface area contributed by atoms with Crippen LogP contribution in [-0.4, -0.2) is 49.2 Å². The minimum atomic E-state index is -0.748. The summed E-state index contributed by atoms with van der Waals surface area (Å²) in [6.45, 7) is 3.07. The van der Waals surface area contributed by atoms with E-state index in [0.29, 0.717) is 17.4 Å². The first kappa shape index (κ1) is 18.1. The molecule has 0 spiro atoms. The average Bonchev–Trinajstić information content (AvgIpc) is 2.46. The summed E-state index contributed by atoms with van der Waals surface area (Å²) in [7, 11) is 3.91. The zero-order valence-corrected chi connectivity index (χ0v) is 13.7. The average molecular weight is 328 g/mol. The third kappa shape index (κ3) is 7.19. The summed E-state index contributed by atoms with van der Waals surface area (Å²) in [5.41, 5.74) is 5.04. The maximum atomic E-state index is 12.8. The van der Waals surface area contributed by atoms with Crippen LogP contribution in [0.4, 0.5) is 4.39 Å². The van der Waals surface area contributed by atoms with Crippen LogP contribution in [0.1, 0.15) is 6.92 Å². The van der Waals surface area contributed by atoms with E-state index in [1.165, 1.54) is 24.3 Å². The van der Waals surface area contributed by atoms with Gasteiger partial charge in [0.05, 0.1) is 0 Å². The highest BCUT2D eigenvalue weighted by Gasteiger charge is 2.14. The van der Waals surface area contributed by atoms with Gasteiger partial charge in [-0.25, -0.2) is 4.39 Å². The van der Waals surface area contributed by atoms with Gasteiger partial charge in [-0.15, -0.1) is 0 Å². The van der Waals surface area contributed by atoms with E-state index in [9.17, 15) is 9.18 Å². The van der Waals surface area contributed by atoms with E-state index in [4.69, 9.17) is 17.0 Å². The molecule has 0 saturated carbocycles. The summed E-state index contributed by atoms with van der Waals surface area (Å²) in [5.74, 6) is -0.336. The molecule has 22 heavy (non-hydrogen) atoms. The number of ether oxygens (including phenoxy) is 1. The number of nitrogens with one attached hydrogen (secondary N) is 3. The first-order valence-electron chi connectivity index (χ1n) is 6.79. The van der Waals surface area contributed by atoms with Crippen molar-refractivity contribution in [3.05, 3.63) is 30.1 Å². The maximum absolute atomic E-state index is 12.8. The van der Waals surface area contributed by atoms with Crippen molar-refractivity contribution in [2.45, 2.75) is 13.0 Å². The summed E-state index contributed by atoms with van der Waals surface area (Å²) in [5, 5.41) is 3.27. The van der Waals surface area contributed by atoms with Crippen molar-refractivity contribution in [2.75, 3.05) is 27.2 Å². The molecule has 1 rings (SSSR count). The fourth-order valence-corrected chi connectivity index (χ4v) is 1.58. The molecule has 0 aliphatic rings. The van der Waals surface area contributed by atoms with E-state index in [1.807, 2.05) is 19.0 Å². The second-order valence-electron chi connectivity index (χ2n) is 4.89. The van der Waals surface area contributed by atoms with Gasteiger partial charge < -0.3 is 15.0 Å². The maximum Gasteiger partial charge on any atom is 0.279 e. The molecule has 0 aliphatic heterocycles. The number of rotatable bonds is 6. The quantitative estimate of drug-likeness (QED) is 0.526. The van der Waals surface area contributed by atoms with Gasteiger partial charge in [0, 0.05) is 13.1 Å². The molecule has 6 nitrogen and oxygen atoms in total. The van der Waals surface area contributed by atoms with Crippen molar-refractivity contribution in [1.82, 2.24) is 21.1 Å². The molecule has 0 bridgehead atoms. The number of carbonyl (C=O) groups is 1. The Morgan fingerprint density at radius 3 is 2.55 bits per heavy atom. The molecule has 1 aromatic rings. The Kier molecular flexibility index (Phi) is 7.55. The third-order valence-corrected chi connectivity index (χ3v) is 2.89. The second-order valence-corrected chi connectivity index (χ2v) is 5.30. The van der Waals surface area contributed by atoms with Crippen molar-refractivity contribution < 1.29 is 13.9 Å². The van der Waals surface area contributed by atoms with E-state index >= 15 is 0 Å². The Balaban J connectivity index is 2.29. The summed E-state index contributed by atoms with van der Waals surface area (Å²) in [6.07, 6.45) is -0.748. The molecule has 1 atom stereocenters. The van der Waals surface area contributed by atoms with Crippen molar-refractivity contribution in [3.8, 4) is 5.75 Å². The zero-order valence-electron chi connectivity index (χ0n) is 12.9. The Labute approximate surface area is 135 Å². The molecule has 8 heteroatoms. The Morgan fingerprint density at radius 2 is 1.95 bits per heavy atom. The van der Waals surface area contributed by atoms with Gasteiger partial charge in [0.2, 0.25) is 0 Å². The van der Waals surface area contributed by atoms with Crippen molar-refractivity contribution >= 4 is 23.2 Å². The fraction of sp³-hybridized carbons (Fsp3) is 0.429. The van der Waals surface area contributed by atoms with Crippen molar-refractivity contribution in [3.63, 3.8) is 0 Å². The topological polar surface area (TPSA) is 65.6 Å². The molecule has 3 N–H and O–H groups in total. The lowest BCUT2D eigenvalue weighted by molar-refractivity contribution is -0.127. The normalized spacial score (nSPS) is 11.7. The number of carbonyl (C=O) groups excluding carboxylic acids is 1. The van der Waals surface area contributed by atoms with Gasteiger partial charge in [-0.2, -0.15) is 0 Å². The van der Waals surface area contributed by atoms with E-state index in [0.717, 1.165) is 6.54 Å². The molecular weight excluding hydrogens is 307 g/mol. The van der Waals surface area contributed by atoms with Crippen LogP contribution >= 0.6 is 12.2 Å². The van der Waals surface area contributed by atoms with E-state index in [-0.39, 0.29) is 11.7 Å². The SMILES string of the molecule is C[C@H](Oc1ccc(F)cc1)C(=O)NNC(=S)NCCN(C)C. The molecule has 1 amide bonds. The number of hydrogen-bond acceptors (Lipinski definition) is 4. The summed E-state index contributed by atoms with van der Waals surface area (Å²) < 4.78 is 18.2. The highest BCUT2D eigenvalue weighted by molar-refractivity contribution is 7.80. The number of hydrazine groups is 1. The number of amides is 1. The van der Waals surface area contributed by atoms with E-state index < -0.39 is 6.10 Å². The Bertz CT molecular complexity index is 496. The van der Waals surface area contributed by atoms with Gasteiger partial charge in [-0.1, -0.05) is 0 Å². The predicted molar refractivity (Wildman–Crippen MR) is 86.9 cm³/mol. The van der Waals surface area contributed by atoms with Gasteiger partial charge in [0.15, 0.2) is 11.2 Å². The minimum Gasteiger partial charge on any atom is -0.481 e. The first-order valence-corrected chi connectivity index (χ1v) is 7.20. The standard InChI is InChI=1S/C14H21FN4O2S/c1-10(21-12-6-4-11(15)5-7-12)13(20)17-18-14(22)16-8-9-19(2)3/h4-7,10H,8-9H2,1-3H3,(H,17,20)(H2,16,18,22)/t10-/m0/s1. The summed E-state index contributed by atoms with van der Waals surface area (Å²) in [6, 6.07) is 5.45. The van der Waals surface area contributed by atoms with Gasteiger partial charge in [0.25, 0.3) is 5.91 Å². The van der Waals surface area contributed by atoms with Crippen LogP contribution in [0.5, 0.6) is 5.75 Å². The number of nitrogens with zero attached hydrogens (tertiary/aromatic N) is 1. The van der Waals surface area contributed by atoms with Gasteiger partial charge in [0.1, 0.15) is 11.6 Å². The van der Waals surface area contributed by atoms with Crippen LogP contribution in [0.3, 0.4) is 0 Å².